The van der Waals surface area contributed by atoms with Gasteiger partial charge in [-0.25, -0.2) is 0 Å². The zero-order valence-electron chi connectivity index (χ0n) is 4.79. The zero-order valence-corrected chi connectivity index (χ0v) is 4.79. The Kier molecular flexibility index (Phi) is 3.58. The van der Waals surface area contributed by atoms with E-state index in [0.717, 1.165) is 0 Å². The topological polar surface area (TPSA) is 43.1 Å². The van der Waals surface area contributed by atoms with Gasteiger partial charge in [-0.3, -0.25) is 4.79 Å². The Balaban J connectivity index is 3.50. The summed E-state index contributed by atoms with van der Waals surface area (Å²) in [5.74, 6) is -0.414. The maximum atomic E-state index is 9.98. The van der Waals surface area contributed by atoms with Gasteiger partial charge in [0.1, 0.15) is 0 Å². The molecule has 0 aliphatic rings. The van der Waals surface area contributed by atoms with Crippen LogP contribution in [-0.4, -0.2) is 5.91 Å². The zero-order chi connectivity index (χ0) is 6.41. The molecule has 0 bridgehead atoms. The summed E-state index contributed by atoms with van der Waals surface area (Å²) in [5, 5.41) is 0. The minimum atomic E-state index is -0.414. The van der Waals surface area contributed by atoms with Crippen molar-refractivity contribution in [3.05, 3.63) is 24.3 Å². The van der Waals surface area contributed by atoms with Crippen molar-refractivity contribution in [3.63, 3.8) is 0 Å². The summed E-state index contributed by atoms with van der Waals surface area (Å²) in [5.41, 5.74) is 4.77. The van der Waals surface area contributed by atoms with Gasteiger partial charge in [0.05, 0.1) is 0 Å². The molecule has 8 heavy (non-hydrogen) atoms. The minimum Gasteiger partial charge on any atom is -0.366 e. The van der Waals surface area contributed by atoms with Crippen LogP contribution in [0.2, 0.25) is 0 Å². The number of primary amides is 1. The van der Waals surface area contributed by atoms with E-state index < -0.39 is 5.91 Å². The second kappa shape index (κ2) is 4.12. The molecule has 0 aliphatic carbocycles. The van der Waals surface area contributed by atoms with E-state index in [9.17, 15) is 4.79 Å². The molecule has 0 rings (SSSR count). The van der Waals surface area contributed by atoms with Crippen molar-refractivity contribution >= 4 is 5.91 Å². The molecule has 0 aromatic rings. The third-order valence-electron chi connectivity index (χ3n) is 0.564. The van der Waals surface area contributed by atoms with Crippen molar-refractivity contribution in [2.24, 2.45) is 5.73 Å². The molecule has 0 saturated heterocycles. The molecule has 0 spiro atoms. The van der Waals surface area contributed by atoms with Crippen molar-refractivity contribution in [3.8, 4) is 0 Å². The fraction of sp³-hybridized carbons (Fsp3) is 0.167. The first-order valence-corrected chi connectivity index (χ1v) is 2.36. The maximum absolute atomic E-state index is 9.98. The highest BCUT2D eigenvalue weighted by molar-refractivity contribution is 5.85. The molecule has 0 heterocycles. The molecular formula is C6H9NO. The molecule has 0 saturated carbocycles. The molecule has 0 aromatic carbocycles. The molecule has 1 amide bonds. The largest absolute Gasteiger partial charge is 0.366 e. The molecule has 0 aliphatic heterocycles. The number of nitrogens with two attached hydrogens (primary N) is 1. The van der Waals surface area contributed by atoms with Crippen LogP contribution in [0.5, 0.6) is 0 Å². The number of carbonyl (C=O) groups is 1. The van der Waals surface area contributed by atoms with Gasteiger partial charge in [-0.05, 0) is 6.92 Å². The van der Waals surface area contributed by atoms with Gasteiger partial charge in [-0.2, -0.15) is 0 Å². The van der Waals surface area contributed by atoms with Gasteiger partial charge in [-0.15, -0.1) is 0 Å². The number of hydrogen-bond acceptors (Lipinski definition) is 1. The summed E-state index contributed by atoms with van der Waals surface area (Å²) in [6, 6.07) is 0. The van der Waals surface area contributed by atoms with Crippen LogP contribution < -0.4 is 5.73 Å². The van der Waals surface area contributed by atoms with Crippen LogP contribution in [0.25, 0.3) is 0 Å². The van der Waals surface area contributed by atoms with E-state index in [0.29, 0.717) is 0 Å². The molecule has 44 valence electrons. The van der Waals surface area contributed by atoms with E-state index in [2.05, 4.69) is 0 Å². The van der Waals surface area contributed by atoms with E-state index in [1.165, 1.54) is 6.08 Å². The monoisotopic (exact) mass is 111 g/mol. The second-order valence-corrected chi connectivity index (χ2v) is 1.29. The van der Waals surface area contributed by atoms with Crippen LogP contribution in [0.15, 0.2) is 24.3 Å². The van der Waals surface area contributed by atoms with Gasteiger partial charge >= 0.3 is 0 Å². The van der Waals surface area contributed by atoms with Crippen LogP contribution in [-0.2, 0) is 4.79 Å². The Hall–Kier alpha value is -1.05. The highest BCUT2D eigenvalue weighted by Crippen LogP contribution is 1.73. The lowest BCUT2D eigenvalue weighted by Crippen LogP contribution is -2.04. The first-order valence-electron chi connectivity index (χ1n) is 2.36. The average molecular weight is 111 g/mol. The maximum Gasteiger partial charge on any atom is 0.241 e. The molecule has 2 N–H and O–H groups in total. The van der Waals surface area contributed by atoms with Crippen molar-refractivity contribution in [1.29, 1.82) is 0 Å². The van der Waals surface area contributed by atoms with Gasteiger partial charge < -0.3 is 5.73 Å². The summed E-state index contributed by atoms with van der Waals surface area (Å²) >= 11 is 0. The smallest absolute Gasteiger partial charge is 0.241 e. The summed E-state index contributed by atoms with van der Waals surface area (Å²) in [6.45, 7) is 1.87. The highest BCUT2D eigenvalue weighted by Gasteiger charge is 1.75. The van der Waals surface area contributed by atoms with Crippen molar-refractivity contribution < 1.29 is 4.79 Å². The van der Waals surface area contributed by atoms with Gasteiger partial charge in [-0.1, -0.05) is 18.2 Å². The quantitative estimate of drug-likeness (QED) is 0.411. The number of carbonyl (C=O) groups excluding carboxylic acids is 1. The van der Waals surface area contributed by atoms with E-state index in [1.54, 1.807) is 12.2 Å². The molecule has 2 heteroatoms. The molecule has 0 atom stereocenters. The van der Waals surface area contributed by atoms with E-state index >= 15 is 0 Å². The Morgan fingerprint density at radius 3 is 2.50 bits per heavy atom. The van der Waals surface area contributed by atoms with Crippen molar-refractivity contribution in [1.82, 2.24) is 0 Å². The van der Waals surface area contributed by atoms with Crippen LogP contribution in [0, 0.1) is 0 Å². The highest BCUT2D eigenvalue weighted by atomic mass is 16.1. The number of rotatable bonds is 2. The van der Waals surface area contributed by atoms with Crippen LogP contribution >= 0.6 is 0 Å². The van der Waals surface area contributed by atoms with Crippen molar-refractivity contribution in [2.45, 2.75) is 6.92 Å². The molecule has 0 unspecified atom stereocenters. The van der Waals surface area contributed by atoms with Crippen LogP contribution in [0.1, 0.15) is 6.92 Å². The van der Waals surface area contributed by atoms with Crippen molar-refractivity contribution in [2.75, 3.05) is 0 Å². The fourth-order valence-corrected chi connectivity index (χ4v) is 0.262. The van der Waals surface area contributed by atoms with E-state index in [1.807, 2.05) is 13.0 Å². The van der Waals surface area contributed by atoms with Gasteiger partial charge in [0, 0.05) is 6.08 Å². The first-order chi connectivity index (χ1) is 3.77. The lowest BCUT2D eigenvalue weighted by molar-refractivity contribution is -0.113. The summed E-state index contributed by atoms with van der Waals surface area (Å²) < 4.78 is 0. The molecule has 0 aromatic heterocycles. The number of allylic oxidation sites excluding steroid dienone is 3. The summed E-state index contributed by atoms with van der Waals surface area (Å²) in [7, 11) is 0. The Labute approximate surface area is 48.7 Å². The molecular weight excluding hydrogens is 102 g/mol. The van der Waals surface area contributed by atoms with E-state index in [-0.39, 0.29) is 0 Å². The Morgan fingerprint density at radius 2 is 2.12 bits per heavy atom. The fourth-order valence-electron chi connectivity index (χ4n) is 0.262. The standard InChI is InChI=1S/C6H9NO/c1-2-3-4-5-6(7)8/h2-5H,1H3,(H2,7,8)/b3-2+,5-4-. The van der Waals surface area contributed by atoms with Gasteiger partial charge in [0.25, 0.3) is 0 Å². The SMILES string of the molecule is C/C=C/C=C\C(N)=O. The first kappa shape index (κ1) is 6.95. The predicted octanol–water partition coefficient (Wildman–Crippen LogP) is 0.604. The summed E-state index contributed by atoms with van der Waals surface area (Å²) in [4.78, 5) is 9.98. The normalized spacial score (nSPS) is 11.1. The van der Waals surface area contributed by atoms with Gasteiger partial charge in [0.15, 0.2) is 0 Å². The third kappa shape index (κ3) is 4.95. The van der Waals surface area contributed by atoms with Gasteiger partial charge in [0.2, 0.25) is 5.91 Å². The molecule has 0 fully saturated rings. The summed E-state index contributed by atoms with van der Waals surface area (Å²) in [6.07, 6.45) is 6.46. The molecule has 2 nitrogen and oxygen atoms in total. The number of amides is 1. The molecule has 0 radical (unpaired) electrons. The Bertz CT molecular complexity index is 124. The second-order valence-electron chi connectivity index (χ2n) is 1.29. The third-order valence-corrected chi connectivity index (χ3v) is 0.564. The lowest BCUT2D eigenvalue weighted by atomic mass is 10.4. The Morgan fingerprint density at radius 1 is 1.50 bits per heavy atom. The van der Waals surface area contributed by atoms with Crippen LogP contribution in [0.4, 0.5) is 0 Å². The van der Waals surface area contributed by atoms with Crippen LogP contribution in [0.3, 0.4) is 0 Å². The average Bonchev–Trinajstić information content (AvgIpc) is 1.66. The lowest BCUT2D eigenvalue weighted by Gasteiger charge is -1.73. The number of hydrogen-bond donors (Lipinski definition) is 1. The minimum absolute atomic E-state index is 0.414. The predicted molar refractivity (Wildman–Crippen MR) is 33.1 cm³/mol. The van der Waals surface area contributed by atoms with E-state index in [4.69, 9.17) is 5.73 Å².